The molecule has 19 heavy (non-hydrogen) atoms. The second kappa shape index (κ2) is 6.33. The van der Waals surface area contributed by atoms with Gasteiger partial charge in [-0.2, -0.15) is 10.1 Å². The zero-order valence-corrected chi connectivity index (χ0v) is 11.6. The Balaban J connectivity index is 2.10. The Morgan fingerprint density at radius 2 is 2.21 bits per heavy atom. The Hall–Kier alpha value is -1.88. The lowest BCUT2D eigenvalue weighted by molar-refractivity contribution is 0.755. The number of aromatic nitrogens is 3. The van der Waals surface area contributed by atoms with Crippen molar-refractivity contribution in [1.29, 1.82) is 0 Å². The number of nitrogens with one attached hydrogen (secondary N) is 2. The van der Waals surface area contributed by atoms with E-state index >= 15 is 0 Å². The van der Waals surface area contributed by atoms with Gasteiger partial charge in [0.25, 0.3) is 0 Å². The summed E-state index contributed by atoms with van der Waals surface area (Å²) in [5.74, 6) is 1.14. The molecule has 0 bridgehead atoms. The minimum atomic E-state index is 0.343. The minimum Gasteiger partial charge on any atom is -0.366 e. The molecular weight excluding hydrogens is 262 g/mol. The Morgan fingerprint density at radius 1 is 1.37 bits per heavy atom. The van der Waals surface area contributed by atoms with Crippen LogP contribution in [0.25, 0.3) is 0 Å². The molecule has 1 aromatic carbocycles. The summed E-state index contributed by atoms with van der Waals surface area (Å²) in [5.41, 5.74) is 0.829. The summed E-state index contributed by atoms with van der Waals surface area (Å²) in [6, 6.07) is 7.71. The second-order valence-electron chi connectivity index (χ2n) is 4.25. The van der Waals surface area contributed by atoms with Crippen LogP contribution in [0.4, 0.5) is 17.5 Å². The van der Waals surface area contributed by atoms with Crippen LogP contribution in [-0.4, -0.2) is 21.2 Å². The first kappa shape index (κ1) is 13.5. The predicted molar refractivity (Wildman–Crippen MR) is 77.9 cm³/mol. The molecular formula is C13H16ClN5. The van der Waals surface area contributed by atoms with E-state index in [-0.39, 0.29) is 0 Å². The zero-order valence-electron chi connectivity index (χ0n) is 10.9. The van der Waals surface area contributed by atoms with Gasteiger partial charge in [-0.3, -0.25) is 0 Å². The third-order valence-electron chi connectivity index (χ3n) is 2.65. The zero-order chi connectivity index (χ0) is 13.7. The molecule has 1 unspecified atom stereocenters. The minimum absolute atomic E-state index is 0.343. The standard InChI is InChI=1S/C13H16ClN5/c1-3-9(2)16-12-8-15-19-13(18-12)17-11-6-4-5-10(14)7-11/h4-9H,3H2,1-2H3,(H2,16,17,18,19). The molecule has 1 aromatic heterocycles. The van der Waals surface area contributed by atoms with Gasteiger partial charge in [-0.15, -0.1) is 5.10 Å². The van der Waals surface area contributed by atoms with Gasteiger partial charge < -0.3 is 10.6 Å². The number of hydrogen-bond donors (Lipinski definition) is 2. The normalized spacial score (nSPS) is 11.9. The molecule has 6 heteroatoms. The molecule has 0 amide bonds. The molecule has 0 saturated heterocycles. The van der Waals surface area contributed by atoms with Crippen LogP contribution in [0.2, 0.25) is 5.02 Å². The molecule has 0 fully saturated rings. The monoisotopic (exact) mass is 277 g/mol. The van der Waals surface area contributed by atoms with Crippen molar-refractivity contribution in [3.63, 3.8) is 0 Å². The lowest BCUT2D eigenvalue weighted by Crippen LogP contribution is -2.15. The quantitative estimate of drug-likeness (QED) is 0.876. The fourth-order valence-corrected chi connectivity index (χ4v) is 1.67. The number of nitrogens with zero attached hydrogens (tertiary/aromatic N) is 3. The van der Waals surface area contributed by atoms with E-state index in [0.717, 1.165) is 12.1 Å². The molecule has 1 heterocycles. The van der Waals surface area contributed by atoms with Crippen LogP contribution >= 0.6 is 11.6 Å². The number of benzene rings is 1. The molecule has 0 saturated carbocycles. The van der Waals surface area contributed by atoms with Gasteiger partial charge in [0.1, 0.15) is 0 Å². The van der Waals surface area contributed by atoms with E-state index in [1.165, 1.54) is 0 Å². The van der Waals surface area contributed by atoms with Crippen molar-refractivity contribution in [2.45, 2.75) is 26.3 Å². The predicted octanol–water partition coefficient (Wildman–Crippen LogP) is 3.48. The fourth-order valence-electron chi connectivity index (χ4n) is 1.48. The van der Waals surface area contributed by atoms with Crippen LogP contribution in [0.5, 0.6) is 0 Å². The highest BCUT2D eigenvalue weighted by atomic mass is 35.5. The molecule has 0 aliphatic rings. The van der Waals surface area contributed by atoms with Crippen LogP contribution < -0.4 is 10.6 Å². The van der Waals surface area contributed by atoms with Crippen molar-refractivity contribution in [2.24, 2.45) is 0 Å². The van der Waals surface area contributed by atoms with Gasteiger partial charge in [0, 0.05) is 16.8 Å². The van der Waals surface area contributed by atoms with E-state index in [1.54, 1.807) is 12.3 Å². The first-order chi connectivity index (χ1) is 9.17. The highest BCUT2D eigenvalue weighted by Crippen LogP contribution is 2.18. The topological polar surface area (TPSA) is 62.7 Å². The SMILES string of the molecule is CCC(C)Nc1cnnc(Nc2cccc(Cl)c2)n1. The molecule has 1 atom stereocenters. The molecule has 0 aliphatic carbocycles. The number of anilines is 3. The van der Waals surface area contributed by atoms with E-state index in [2.05, 4.69) is 39.7 Å². The first-order valence-corrected chi connectivity index (χ1v) is 6.54. The van der Waals surface area contributed by atoms with Crippen molar-refractivity contribution in [1.82, 2.24) is 15.2 Å². The van der Waals surface area contributed by atoms with Crippen LogP contribution in [0.1, 0.15) is 20.3 Å². The molecule has 2 rings (SSSR count). The highest BCUT2D eigenvalue weighted by molar-refractivity contribution is 6.30. The van der Waals surface area contributed by atoms with Crippen LogP contribution in [0.3, 0.4) is 0 Å². The molecule has 5 nitrogen and oxygen atoms in total. The molecule has 0 aliphatic heterocycles. The Labute approximate surface area is 117 Å². The average molecular weight is 278 g/mol. The van der Waals surface area contributed by atoms with E-state index in [1.807, 2.05) is 18.2 Å². The van der Waals surface area contributed by atoms with Gasteiger partial charge in [0.05, 0.1) is 6.20 Å². The van der Waals surface area contributed by atoms with E-state index in [9.17, 15) is 0 Å². The number of hydrogen-bond acceptors (Lipinski definition) is 5. The molecule has 2 N–H and O–H groups in total. The van der Waals surface area contributed by atoms with Gasteiger partial charge in [-0.25, -0.2) is 0 Å². The van der Waals surface area contributed by atoms with Crippen LogP contribution in [0.15, 0.2) is 30.5 Å². The Kier molecular flexibility index (Phi) is 4.52. The van der Waals surface area contributed by atoms with Gasteiger partial charge in [-0.1, -0.05) is 24.6 Å². The van der Waals surface area contributed by atoms with Gasteiger partial charge >= 0.3 is 0 Å². The van der Waals surface area contributed by atoms with Crippen molar-refractivity contribution in [3.8, 4) is 0 Å². The van der Waals surface area contributed by atoms with Crippen molar-refractivity contribution in [3.05, 3.63) is 35.5 Å². The lowest BCUT2D eigenvalue weighted by Gasteiger charge is -2.12. The fraction of sp³-hybridized carbons (Fsp3) is 0.308. The van der Waals surface area contributed by atoms with Crippen molar-refractivity contribution < 1.29 is 0 Å². The third-order valence-corrected chi connectivity index (χ3v) is 2.88. The van der Waals surface area contributed by atoms with E-state index in [0.29, 0.717) is 22.8 Å². The largest absolute Gasteiger partial charge is 0.366 e. The average Bonchev–Trinajstić information content (AvgIpc) is 2.39. The summed E-state index contributed by atoms with van der Waals surface area (Å²) in [5, 5.41) is 14.8. The Bertz CT molecular complexity index is 546. The maximum absolute atomic E-state index is 5.92. The molecule has 100 valence electrons. The first-order valence-electron chi connectivity index (χ1n) is 6.16. The van der Waals surface area contributed by atoms with Crippen LogP contribution in [0, 0.1) is 0 Å². The summed E-state index contributed by atoms with van der Waals surface area (Å²) >= 11 is 5.92. The second-order valence-corrected chi connectivity index (χ2v) is 4.69. The van der Waals surface area contributed by atoms with Crippen molar-refractivity contribution >= 4 is 29.1 Å². The van der Waals surface area contributed by atoms with Gasteiger partial charge in [0.15, 0.2) is 5.82 Å². The van der Waals surface area contributed by atoms with E-state index < -0.39 is 0 Å². The van der Waals surface area contributed by atoms with Crippen LogP contribution in [-0.2, 0) is 0 Å². The summed E-state index contributed by atoms with van der Waals surface area (Å²) in [6.45, 7) is 4.20. The van der Waals surface area contributed by atoms with Crippen molar-refractivity contribution in [2.75, 3.05) is 10.6 Å². The van der Waals surface area contributed by atoms with Gasteiger partial charge in [-0.05, 0) is 31.5 Å². The lowest BCUT2D eigenvalue weighted by atomic mass is 10.3. The van der Waals surface area contributed by atoms with E-state index in [4.69, 9.17) is 11.6 Å². The highest BCUT2D eigenvalue weighted by Gasteiger charge is 2.04. The summed E-state index contributed by atoms with van der Waals surface area (Å²) in [4.78, 5) is 4.35. The maximum atomic E-state index is 5.92. The summed E-state index contributed by atoms with van der Waals surface area (Å²) in [7, 11) is 0. The third kappa shape index (κ3) is 4.06. The smallest absolute Gasteiger partial charge is 0.249 e. The maximum Gasteiger partial charge on any atom is 0.249 e. The Morgan fingerprint density at radius 3 is 2.95 bits per heavy atom. The molecule has 2 aromatic rings. The van der Waals surface area contributed by atoms with Gasteiger partial charge in [0.2, 0.25) is 5.95 Å². The molecule has 0 spiro atoms. The number of rotatable bonds is 5. The summed E-state index contributed by atoms with van der Waals surface area (Å²) in [6.07, 6.45) is 2.62. The molecule has 0 radical (unpaired) electrons. The summed E-state index contributed by atoms with van der Waals surface area (Å²) < 4.78 is 0. The number of halogens is 1.